The van der Waals surface area contributed by atoms with Gasteiger partial charge >= 0.3 is 5.69 Å². The fourth-order valence-corrected chi connectivity index (χ4v) is 2.73. The summed E-state index contributed by atoms with van der Waals surface area (Å²) >= 11 is 6.51. The van der Waals surface area contributed by atoms with Crippen LogP contribution in [0.5, 0.6) is 11.5 Å². The van der Waals surface area contributed by atoms with Crippen LogP contribution in [0.3, 0.4) is 0 Å². The number of phenolic OH excluding ortho intramolecular Hbond substituents is 2. The minimum absolute atomic E-state index is 0.0955. The number of aromatic hydroxyl groups is 2. The van der Waals surface area contributed by atoms with Crippen LogP contribution in [-0.4, -0.2) is 19.8 Å². The summed E-state index contributed by atoms with van der Waals surface area (Å²) < 4.78 is 2.58. The Bertz CT molecular complexity index is 883. The minimum Gasteiger partial charge on any atom is -0.507 e. The smallest absolute Gasteiger partial charge is 0.331 e. The van der Waals surface area contributed by atoms with E-state index >= 15 is 0 Å². The molecule has 7 heteroatoms. The topological polar surface area (TPSA) is 78.2 Å². The minimum atomic E-state index is -0.369. The predicted molar refractivity (Wildman–Crippen MR) is 82.6 cm³/mol. The predicted octanol–water partition coefficient (Wildman–Crippen LogP) is 3.26. The van der Waals surface area contributed by atoms with Gasteiger partial charge in [-0.15, -0.1) is 0 Å². The lowest BCUT2D eigenvalue weighted by Crippen LogP contribution is -2.14. The first-order valence-corrected chi connectivity index (χ1v) is 7.18. The Morgan fingerprint density at radius 3 is 2.55 bits per heavy atom. The van der Waals surface area contributed by atoms with Gasteiger partial charge in [-0.1, -0.05) is 15.9 Å². The molecule has 0 fully saturated rings. The van der Waals surface area contributed by atoms with Crippen molar-refractivity contribution in [1.29, 1.82) is 0 Å². The van der Waals surface area contributed by atoms with Crippen LogP contribution in [0.2, 0.25) is 0 Å². The molecule has 3 N–H and O–H groups in total. The molecule has 1 aromatic heterocycles. The molecule has 1 heterocycles. The van der Waals surface area contributed by atoms with Crippen LogP contribution in [0.1, 0.15) is 0 Å². The van der Waals surface area contributed by atoms with Gasteiger partial charge in [0.1, 0.15) is 11.5 Å². The van der Waals surface area contributed by atoms with Crippen LogP contribution in [0.25, 0.3) is 16.7 Å². The van der Waals surface area contributed by atoms with Crippen LogP contribution in [0, 0.1) is 0 Å². The second-order valence-electron chi connectivity index (χ2n) is 4.22. The van der Waals surface area contributed by atoms with E-state index in [1.54, 1.807) is 18.2 Å². The third-order valence-corrected chi connectivity index (χ3v) is 4.06. The Labute approximate surface area is 129 Å². The van der Waals surface area contributed by atoms with Crippen LogP contribution in [0.4, 0.5) is 0 Å². The third kappa shape index (κ3) is 2.03. The van der Waals surface area contributed by atoms with Gasteiger partial charge < -0.3 is 15.2 Å². The molecule has 0 atom stereocenters. The van der Waals surface area contributed by atoms with E-state index < -0.39 is 0 Å². The van der Waals surface area contributed by atoms with Crippen molar-refractivity contribution < 1.29 is 10.2 Å². The molecule has 0 radical (unpaired) electrons. The Morgan fingerprint density at radius 1 is 1.05 bits per heavy atom. The summed E-state index contributed by atoms with van der Waals surface area (Å²) in [4.78, 5) is 14.8. The average Bonchev–Trinajstić information content (AvgIpc) is 2.69. The standard InChI is InChI=1S/C13H8Br2N2O3/c14-6-1-2-9-8(3-6)16-13(20)17(9)10-4-7(15)11(18)5-12(10)19/h1-5,18-19H,(H,16,20). The van der Waals surface area contributed by atoms with Gasteiger partial charge in [0.25, 0.3) is 0 Å². The molecule has 0 bridgehead atoms. The first kappa shape index (κ1) is 13.3. The molecule has 20 heavy (non-hydrogen) atoms. The second-order valence-corrected chi connectivity index (χ2v) is 5.99. The van der Waals surface area contributed by atoms with Gasteiger partial charge in [0, 0.05) is 10.5 Å². The molecule has 2 aromatic carbocycles. The molecule has 102 valence electrons. The van der Waals surface area contributed by atoms with Crippen LogP contribution < -0.4 is 5.69 Å². The molecule has 0 aliphatic rings. The highest BCUT2D eigenvalue weighted by Gasteiger charge is 2.14. The summed E-state index contributed by atoms with van der Waals surface area (Å²) in [5, 5.41) is 19.5. The highest BCUT2D eigenvalue weighted by molar-refractivity contribution is 9.10. The number of nitrogens with zero attached hydrogens (tertiary/aromatic N) is 1. The van der Waals surface area contributed by atoms with E-state index in [4.69, 9.17) is 0 Å². The van der Waals surface area contributed by atoms with Crippen molar-refractivity contribution in [2.45, 2.75) is 0 Å². The van der Waals surface area contributed by atoms with Crippen molar-refractivity contribution in [2.75, 3.05) is 0 Å². The van der Waals surface area contributed by atoms with Crippen molar-refractivity contribution in [3.05, 3.63) is 49.8 Å². The second kappa shape index (κ2) is 4.68. The first-order chi connectivity index (χ1) is 9.47. The van der Waals surface area contributed by atoms with E-state index in [0.717, 1.165) is 4.47 Å². The summed E-state index contributed by atoms with van der Waals surface area (Å²) in [6.45, 7) is 0. The number of benzene rings is 2. The van der Waals surface area contributed by atoms with Crippen LogP contribution >= 0.6 is 31.9 Å². The molecule has 5 nitrogen and oxygen atoms in total. The zero-order chi connectivity index (χ0) is 14.4. The zero-order valence-electron chi connectivity index (χ0n) is 9.89. The fraction of sp³-hybridized carbons (Fsp3) is 0. The van der Waals surface area contributed by atoms with Crippen molar-refractivity contribution in [1.82, 2.24) is 9.55 Å². The number of fused-ring (bicyclic) bond motifs is 1. The lowest BCUT2D eigenvalue weighted by molar-refractivity contribution is 0.446. The fourth-order valence-electron chi connectivity index (χ4n) is 2.04. The SMILES string of the molecule is O=c1[nH]c2cc(Br)ccc2n1-c1cc(Br)c(O)cc1O. The molecule has 3 aromatic rings. The molecular formula is C13H8Br2N2O3. The monoisotopic (exact) mass is 398 g/mol. The molecule has 0 spiro atoms. The number of imidazole rings is 1. The quantitative estimate of drug-likeness (QED) is 0.587. The number of hydrogen-bond acceptors (Lipinski definition) is 3. The number of hydrogen-bond donors (Lipinski definition) is 3. The Balaban J connectivity index is 2.38. The maximum absolute atomic E-state index is 12.1. The number of phenols is 2. The number of halogens is 2. The Hall–Kier alpha value is -1.73. The molecule has 0 saturated heterocycles. The lowest BCUT2D eigenvalue weighted by Gasteiger charge is -2.08. The molecule has 3 rings (SSSR count). The lowest BCUT2D eigenvalue weighted by atomic mass is 10.2. The van der Waals surface area contributed by atoms with Gasteiger partial charge in [-0.25, -0.2) is 4.79 Å². The summed E-state index contributed by atoms with van der Waals surface area (Å²) in [6, 6.07) is 8.01. The summed E-state index contributed by atoms with van der Waals surface area (Å²) in [5.41, 5.74) is 1.19. The van der Waals surface area contributed by atoms with Gasteiger partial charge in [-0.2, -0.15) is 0 Å². The maximum atomic E-state index is 12.1. The van der Waals surface area contributed by atoms with E-state index in [-0.39, 0.29) is 22.9 Å². The normalized spacial score (nSPS) is 11.1. The molecular weight excluding hydrogens is 392 g/mol. The third-order valence-electron chi connectivity index (χ3n) is 2.93. The van der Waals surface area contributed by atoms with Gasteiger partial charge in [0.2, 0.25) is 0 Å². The van der Waals surface area contributed by atoms with Gasteiger partial charge in [0.05, 0.1) is 21.2 Å². The molecule has 0 amide bonds. The Morgan fingerprint density at radius 2 is 1.80 bits per heavy atom. The number of rotatable bonds is 1. The summed E-state index contributed by atoms with van der Waals surface area (Å²) in [5.74, 6) is -0.279. The van der Waals surface area contributed by atoms with Gasteiger partial charge in [-0.05, 0) is 40.2 Å². The van der Waals surface area contributed by atoms with Crippen molar-refractivity contribution in [2.24, 2.45) is 0 Å². The van der Waals surface area contributed by atoms with E-state index in [0.29, 0.717) is 15.5 Å². The number of nitrogens with one attached hydrogen (secondary N) is 1. The molecule has 0 aliphatic carbocycles. The number of aromatic amines is 1. The molecule has 0 saturated carbocycles. The van der Waals surface area contributed by atoms with Crippen molar-refractivity contribution in [3.63, 3.8) is 0 Å². The summed E-state index contributed by atoms with van der Waals surface area (Å²) in [7, 11) is 0. The van der Waals surface area contributed by atoms with E-state index in [2.05, 4.69) is 36.8 Å². The number of H-pyrrole nitrogens is 1. The zero-order valence-corrected chi connectivity index (χ0v) is 13.1. The van der Waals surface area contributed by atoms with Crippen LogP contribution in [-0.2, 0) is 0 Å². The van der Waals surface area contributed by atoms with E-state index in [1.807, 2.05) is 0 Å². The van der Waals surface area contributed by atoms with Crippen molar-refractivity contribution in [3.8, 4) is 17.2 Å². The van der Waals surface area contributed by atoms with Gasteiger partial charge in [0.15, 0.2) is 0 Å². The highest BCUT2D eigenvalue weighted by atomic mass is 79.9. The number of aromatic nitrogens is 2. The molecule has 0 aliphatic heterocycles. The molecule has 0 unspecified atom stereocenters. The Kier molecular flexibility index (Phi) is 3.10. The van der Waals surface area contributed by atoms with E-state index in [1.165, 1.54) is 16.7 Å². The van der Waals surface area contributed by atoms with Crippen LogP contribution in [0.15, 0.2) is 44.1 Å². The largest absolute Gasteiger partial charge is 0.507 e. The van der Waals surface area contributed by atoms with E-state index in [9.17, 15) is 15.0 Å². The van der Waals surface area contributed by atoms with Crippen molar-refractivity contribution >= 4 is 42.9 Å². The van der Waals surface area contributed by atoms with Gasteiger partial charge in [-0.3, -0.25) is 4.57 Å². The maximum Gasteiger partial charge on any atom is 0.331 e. The highest BCUT2D eigenvalue weighted by Crippen LogP contribution is 2.34. The first-order valence-electron chi connectivity index (χ1n) is 5.59. The average molecular weight is 400 g/mol. The summed E-state index contributed by atoms with van der Waals surface area (Å²) in [6.07, 6.45) is 0.